The Morgan fingerprint density at radius 2 is 2.22 bits per heavy atom. The fourth-order valence-electron chi connectivity index (χ4n) is 1.77. The lowest BCUT2D eigenvalue weighted by molar-refractivity contribution is 0.187. The summed E-state index contributed by atoms with van der Waals surface area (Å²) in [6, 6.07) is 0.412. The molecule has 0 fully saturated rings. The van der Waals surface area contributed by atoms with Crippen LogP contribution in [-0.4, -0.2) is 54.8 Å². The molecule has 1 N–H and O–H groups in total. The Balaban J connectivity index is 2.54. The molecule has 1 heterocycles. The normalized spacial score (nSPS) is 13.0. The number of ether oxygens (including phenoxy) is 1. The predicted molar refractivity (Wildman–Crippen MR) is 75.1 cm³/mol. The number of anilines is 1. The summed E-state index contributed by atoms with van der Waals surface area (Å²) < 4.78 is 7.23. The van der Waals surface area contributed by atoms with E-state index in [-0.39, 0.29) is 0 Å². The third kappa shape index (κ3) is 5.06. The van der Waals surface area contributed by atoms with Gasteiger partial charge in [0.15, 0.2) is 0 Å². The molecule has 1 aromatic rings. The Kier molecular flexibility index (Phi) is 6.15. The number of rotatable bonds is 8. The summed E-state index contributed by atoms with van der Waals surface area (Å²) in [6.07, 6.45) is 3.16. The second kappa shape index (κ2) is 7.38. The Hall–Kier alpha value is -1.07. The van der Waals surface area contributed by atoms with E-state index in [0.717, 1.165) is 31.2 Å². The minimum atomic E-state index is 0.412. The van der Waals surface area contributed by atoms with Gasteiger partial charge in [-0.1, -0.05) is 0 Å². The number of methoxy groups -OCH3 is 1. The quantitative estimate of drug-likeness (QED) is 0.765. The lowest BCUT2D eigenvalue weighted by Crippen LogP contribution is -2.24. The van der Waals surface area contributed by atoms with Crippen molar-refractivity contribution in [2.24, 2.45) is 0 Å². The van der Waals surface area contributed by atoms with Crippen LogP contribution < -0.4 is 5.32 Å². The van der Waals surface area contributed by atoms with Gasteiger partial charge in [0.25, 0.3) is 0 Å². The van der Waals surface area contributed by atoms with Gasteiger partial charge in [0.05, 0.1) is 12.3 Å². The standard InChI is InChI=1S/C13H26N4O/c1-11(6-7-16(3)4)14-13-15-12(2)10-17(13)8-9-18-5/h10-11H,6-9H2,1-5H3,(H,14,15). The Morgan fingerprint density at radius 1 is 1.50 bits per heavy atom. The zero-order valence-electron chi connectivity index (χ0n) is 12.2. The van der Waals surface area contributed by atoms with Crippen molar-refractivity contribution in [1.82, 2.24) is 14.5 Å². The molecule has 0 spiro atoms. The van der Waals surface area contributed by atoms with Crippen molar-refractivity contribution in [1.29, 1.82) is 0 Å². The summed E-state index contributed by atoms with van der Waals surface area (Å²) in [7, 11) is 5.91. The molecule has 0 radical (unpaired) electrons. The van der Waals surface area contributed by atoms with Gasteiger partial charge >= 0.3 is 0 Å². The molecule has 18 heavy (non-hydrogen) atoms. The molecule has 0 saturated heterocycles. The van der Waals surface area contributed by atoms with E-state index in [4.69, 9.17) is 4.74 Å². The Bertz CT molecular complexity index is 349. The van der Waals surface area contributed by atoms with E-state index in [0.29, 0.717) is 12.6 Å². The molecule has 0 saturated carbocycles. The zero-order chi connectivity index (χ0) is 13.5. The van der Waals surface area contributed by atoms with Crippen molar-refractivity contribution in [3.63, 3.8) is 0 Å². The fourth-order valence-corrected chi connectivity index (χ4v) is 1.77. The third-order valence-corrected chi connectivity index (χ3v) is 2.82. The number of nitrogens with one attached hydrogen (secondary N) is 1. The van der Waals surface area contributed by atoms with Crippen LogP contribution in [0.3, 0.4) is 0 Å². The molecule has 0 aromatic carbocycles. The summed E-state index contributed by atoms with van der Waals surface area (Å²) in [5, 5.41) is 3.47. The second-order valence-corrected chi connectivity index (χ2v) is 5.03. The largest absolute Gasteiger partial charge is 0.383 e. The molecule has 0 bridgehead atoms. The average Bonchev–Trinajstić information content (AvgIpc) is 2.64. The first-order chi connectivity index (χ1) is 8.52. The number of nitrogens with zero attached hydrogens (tertiary/aromatic N) is 3. The first kappa shape index (κ1) is 15.0. The molecule has 0 aliphatic rings. The minimum absolute atomic E-state index is 0.412. The summed E-state index contributed by atoms with van der Waals surface area (Å²) in [5.41, 5.74) is 1.04. The van der Waals surface area contributed by atoms with Gasteiger partial charge in [-0.15, -0.1) is 0 Å². The van der Waals surface area contributed by atoms with Crippen molar-refractivity contribution in [3.05, 3.63) is 11.9 Å². The topological polar surface area (TPSA) is 42.3 Å². The molecule has 1 rings (SSSR count). The van der Waals surface area contributed by atoms with Gasteiger partial charge in [0.1, 0.15) is 0 Å². The highest BCUT2D eigenvalue weighted by Crippen LogP contribution is 2.11. The number of hydrogen-bond donors (Lipinski definition) is 1. The van der Waals surface area contributed by atoms with Crippen molar-refractivity contribution in [3.8, 4) is 0 Å². The molecule has 0 aliphatic heterocycles. The molecular weight excluding hydrogens is 228 g/mol. The smallest absolute Gasteiger partial charge is 0.203 e. The van der Waals surface area contributed by atoms with Gasteiger partial charge < -0.3 is 19.5 Å². The maximum atomic E-state index is 5.11. The number of aryl methyl sites for hydroxylation is 1. The summed E-state index contributed by atoms with van der Waals surface area (Å²) in [6.45, 7) is 6.82. The molecule has 0 aliphatic carbocycles. The number of imidazole rings is 1. The van der Waals surface area contributed by atoms with E-state index in [1.807, 2.05) is 6.92 Å². The number of aromatic nitrogens is 2. The molecule has 1 unspecified atom stereocenters. The summed E-state index contributed by atoms with van der Waals surface area (Å²) in [4.78, 5) is 6.71. The molecule has 1 atom stereocenters. The molecule has 104 valence electrons. The average molecular weight is 254 g/mol. The molecule has 0 amide bonds. The van der Waals surface area contributed by atoms with Gasteiger partial charge in [0.2, 0.25) is 5.95 Å². The van der Waals surface area contributed by atoms with Gasteiger partial charge in [-0.05, 0) is 40.9 Å². The van der Waals surface area contributed by atoms with Gasteiger partial charge in [0, 0.05) is 25.9 Å². The van der Waals surface area contributed by atoms with E-state index in [2.05, 4.69) is 47.0 Å². The highest BCUT2D eigenvalue weighted by molar-refractivity contribution is 5.29. The maximum absolute atomic E-state index is 5.11. The monoisotopic (exact) mass is 254 g/mol. The van der Waals surface area contributed by atoms with Crippen LogP contribution in [0.4, 0.5) is 5.95 Å². The van der Waals surface area contributed by atoms with Crippen LogP contribution >= 0.6 is 0 Å². The summed E-state index contributed by atoms with van der Waals surface area (Å²) in [5.74, 6) is 0.941. The lowest BCUT2D eigenvalue weighted by atomic mass is 10.2. The van der Waals surface area contributed by atoms with Crippen LogP contribution in [0.1, 0.15) is 19.0 Å². The maximum Gasteiger partial charge on any atom is 0.203 e. The van der Waals surface area contributed by atoms with Gasteiger partial charge in [-0.25, -0.2) is 4.98 Å². The van der Waals surface area contributed by atoms with E-state index in [1.54, 1.807) is 7.11 Å². The lowest BCUT2D eigenvalue weighted by Gasteiger charge is -2.18. The van der Waals surface area contributed by atoms with E-state index < -0.39 is 0 Å². The SMILES string of the molecule is COCCn1cc(C)nc1NC(C)CCN(C)C. The van der Waals surface area contributed by atoms with Crippen molar-refractivity contribution < 1.29 is 4.74 Å². The molecule has 5 nitrogen and oxygen atoms in total. The fraction of sp³-hybridized carbons (Fsp3) is 0.769. The first-order valence-corrected chi connectivity index (χ1v) is 6.47. The second-order valence-electron chi connectivity index (χ2n) is 5.03. The Labute approximate surface area is 110 Å². The van der Waals surface area contributed by atoms with E-state index in [1.165, 1.54) is 0 Å². The first-order valence-electron chi connectivity index (χ1n) is 6.47. The predicted octanol–water partition coefficient (Wildman–Crippen LogP) is 1.59. The van der Waals surface area contributed by atoms with Crippen LogP contribution in [0.15, 0.2) is 6.20 Å². The van der Waals surface area contributed by atoms with Gasteiger partial charge in [-0.2, -0.15) is 0 Å². The van der Waals surface area contributed by atoms with Crippen LogP contribution in [0.5, 0.6) is 0 Å². The number of hydrogen-bond acceptors (Lipinski definition) is 4. The Morgan fingerprint density at radius 3 is 2.83 bits per heavy atom. The third-order valence-electron chi connectivity index (χ3n) is 2.82. The van der Waals surface area contributed by atoms with Crippen LogP contribution in [0.2, 0.25) is 0 Å². The molecule has 5 heteroatoms. The van der Waals surface area contributed by atoms with Crippen molar-refractivity contribution in [2.45, 2.75) is 32.9 Å². The van der Waals surface area contributed by atoms with Crippen LogP contribution in [-0.2, 0) is 11.3 Å². The van der Waals surface area contributed by atoms with Crippen LogP contribution in [0, 0.1) is 6.92 Å². The highest BCUT2D eigenvalue weighted by Gasteiger charge is 2.09. The van der Waals surface area contributed by atoms with Crippen molar-refractivity contribution >= 4 is 5.95 Å². The van der Waals surface area contributed by atoms with Crippen LogP contribution in [0.25, 0.3) is 0 Å². The zero-order valence-corrected chi connectivity index (χ0v) is 12.2. The van der Waals surface area contributed by atoms with E-state index >= 15 is 0 Å². The van der Waals surface area contributed by atoms with Gasteiger partial charge in [-0.3, -0.25) is 0 Å². The molecule has 1 aromatic heterocycles. The minimum Gasteiger partial charge on any atom is -0.383 e. The highest BCUT2D eigenvalue weighted by atomic mass is 16.5. The molecular formula is C13H26N4O. The summed E-state index contributed by atoms with van der Waals surface area (Å²) >= 11 is 0. The van der Waals surface area contributed by atoms with Crippen molar-refractivity contribution in [2.75, 3.05) is 39.7 Å². The van der Waals surface area contributed by atoms with E-state index in [9.17, 15) is 0 Å².